The van der Waals surface area contributed by atoms with Crippen LogP contribution in [0.3, 0.4) is 0 Å². The van der Waals surface area contributed by atoms with Crippen LogP contribution in [-0.4, -0.2) is 37.9 Å². The number of carbonyl (C=O) groups is 2. The fraction of sp³-hybridized carbons (Fsp3) is 0.667. The van der Waals surface area contributed by atoms with Crippen molar-refractivity contribution in [2.24, 2.45) is 5.73 Å². The highest BCUT2D eigenvalue weighted by atomic mass is 16.5. The summed E-state index contributed by atoms with van der Waals surface area (Å²) in [6.07, 6.45) is 3.04. The van der Waals surface area contributed by atoms with Crippen molar-refractivity contribution in [1.29, 1.82) is 0 Å². The Bertz CT molecular complexity index is 269. The maximum absolute atomic E-state index is 11.2. The Kier molecular flexibility index (Phi) is 9.67. The molecule has 0 aliphatic rings. The van der Waals surface area contributed by atoms with Crippen LogP contribution in [0.5, 0.6) is 0 Å². The summed E-state index contributed by atoms with van der Waals surface area (Å²) in [6.45, 7) is 6.19. The lowest BCUT2D eigenvalue weighted by molar-refractivity contribution is -0.144. The molecule has 0 aliphatic carbocycles. The quantitative estimate of drug-likeness (QED) is 0.365. The van der Waals surface area contributed by atoms with E-state index in [1.54, 1.807) is 6.92 Å². The summed E-state index contributed by atoms with van der Waals surface area (Å²) in [6, 6.07) is -0.585. The number of hydrogen-bond donors (Lipinski definition) is 2. The van der Waals surface area contributed by atoms with Gasteiger partial charge >= 0.3 is 12.1 Å². The van der Waals surface area contributed by atoms with Gasteiger partial charge in [-0.1, -0.05) is 12.7 Å². The molecule has 0 fully saturated rings. The molecule has 6 heteroatoms. The van der Waals surface area contributed by atoms with Gasteiger partial charge in [-0.15, -0.1) is 0 Å². The van der Waals surface area contributed by atoms with Crippen LogP contribution in [0.2, 0.25) is 0 Å². The van der Waals surface area contributed by atoms with Crippen LogP contribution in [0.4, 0.5) is 4.79 Å². The Morgan fingerprint density at radius 2 is 2.11 bits per heavy atom. The van der Waals surface area contributed by atoms with Gasteiger partial charge in [0.15, 0.2) is 0 Å². The first-order valence-corrected chi connectivity index (χ1v) is 6.05. The Morgan fingerprint density at radius 3 is 2.72 bits per heavy atom. The summed E-state index contributed by atoms with van der Waals surface area (Å²) in [4.78, 5) is 22.2. The number of amides is 1. The van der Waals surface area contributed by atoms with Gasteiger partial charge in [0.1, 0.15) is 12.6 Å². The molecule has 18 heavy (non-hydrogen) atoms. The first-order valence-electron chi connectivity index (χ1n) is 6.05. The maximum atomic E-state index is 11.2. The monoisotopic (exact) mass is 258 g/mol. The third kappa shape index (κ3) is 8.58. The van der Waals surface area contributed by atoms with E-state index in [0.717, 1.165) is 12.8 Å². The first-order chi connectivity index (χ1) is 8.61. The summed E-state index contributed by atoms with van der Waals surface area (Å²) in [7, 11) is 0. The van der Waals surface area contributed by atoms with Crippen molar-refractivity contribution in [3.63, 3.8) is 0 Å². The normalized spacial score (nSPS) is 11.4. The predicted molar refractivity (Wildman–Crippen MR) is 68.0 cm³/mol. The number of ether oxygens (including phenoxy) is 2. The van der Waals surface area contributed by atoms with Crippen molar-refractivity contribution in [3.05, 3.63) is 12.7 Å². The van der Waals surface area contributed by atoms with E-state index in [1.807, 2.05) is 0 Å². The van der Waals surface area contributed by atoms with Crippen LogP contribution in [0.1, 0.15) is 26.2 Å². The Balaban J connectivity index is 3.47. The molecule has 0 saturated carbocycles. The average Bonchev–Trinajstić information content (AvgIpc) is 2.35. The smallest absolute Gasteiger partial charge is 0.407 e. The largest absolute Gasteiger partial charge is 0.465 e. The van der Waals surface area contributed by atoms with Crippen molar-refractivity contribution in [2.45, 2.75) is 32.2 Å². The lowest BCUT2D eigenvalue weighted by Gasteiger charge is -2.10. The van der Waals surface area contributed by atoms with Crippen LogP contribution in [-0.2, 0) is 14.3 Å². The van der Waals surface area contributed by atoms with Crippen LogP contribution >= 0.6 is 0 Å². The molecular formula is C12H22N2O4. The number of unbranched alkanes of at least 4 members (excludes halogenated alkanes) is 1. The van der Waals surface area contributed by atoms with Crippen LogP contribution < -0.4 is 11.1 Å². The lowest BCUT2D eigenvalue weighted by Crippen LogP contribution is -2.32. The van der Waals surface area contributed by atoms with E-state index in [9.17, 15) is 9.59 Å². The van der Waals surface area contributed by atoms with E-state index < -0.39 is 12.1 Å². The number of esters is 1. The van der Waals surface area contributed by atoms with Crippen molar-refractivity contribution >= 4 is 12.1 Å². The van der Waals surface area contributed by atoms with Gasteiger partial charge in [-0.2, -0.15) is 0 Å². The molecule has 6 nitrogen and oxygen atoms in total. The molecule has 0 heterocycles. The van der Waals surface area contributed by atoms with Crippen LogP contribution in [0.25, 0.3) is 0 Å². The highest BCUT2D eigenvalue weighted by molar-refractivity contribution is 5.75. The number of rotatable bonds is 9. The zero-order valence-corrected chi connectivity index (χ0v) is 10.8. The van der Waals surface area contributed by atoms with Gasteiger partial charge in [-0.3, -0.25) is 4.79 Å². The van der Waals surface area contributed by atoms with E-state index in [2.05, 4.69) is 11.9 Å². The second-order valence-corrected chi connectivity index (χ2v) is 3.67. The minimum Gasteiger partial charge on any atom is -0.465 e. The van der Waals surface area contributed by atoms with Gasteiger partial charge in [-0.25, -0.2) is 4.79 Å². The number of nitrogens with two attached hydrogens (primary N) is 1. The molecule has 0 saturated heterocycles. The molecule has 0 rings (SSSR count). The molecule has 0 aliphatic heterocycles. The van der Waals surface area contributed by atoms with Crippen molar-refractivity contribution in [3.8, 4) is 0 Å². The Labute approximate surface area is 108 Å². The summed E-state index contributed by atoms with van der Waals surface area (Å²) in [5.41, 5.74) is 5.61. The second-order valence-electron chi connectivity index (χ2n) is 3.67. The number of nitrogens with one attached hydrogen (secondary N) is 1. The molecule has 0 unspecified atom stereocenters. The molecule has 0 aromatic rings. The van der Waals surface area contributed by atoms with E-state index in [4.69, 9.17) is 15.2 Å². The van der Waals surface area contributed by atoms with Gasteiger partial charge in [0.2, 0.25) is 0 Å². The molecule has 3 N–H and O–H groups in total. The van der Waals surface area contributed by atoms with Crippen molar-refractivity contribution in [2.75, 3.05) is 19.8 Å². The molecule has 0 radical (unpaired) electrons. The Morgan fingerprint density at radius 1 is 1.39 bits per heavy atom. The minimum atomic E-state index is -0.585. The minimum absolute atomic E-state index is 0.194. The van der Waals surface area contributed by atoms with E-state index in [0.29, 0.717) is 19.6 Å². The molecular weight excluding hydrogens is 236 g/mol. The second kappa shape index (κ2) is 10.6. The topological polar surface area (TPSA) is 90.6 Å². The summed E-state index contributed by atoms with van der Waals surface area (Å²) >= 11 is 0. The van der Waals surface area contributed by atoms with Gasteiger partial charge in [0, 0.05) is 6.54 Å². The number of hydrogen-bond acceptors (Lipinski definition) is 5. The lowest BCUT2D eigenvalue weighted by atomic mass is 10.1. The van der Waals surface area contributed by atoms with Gasteiger partial charge in [-0.05, 0) is 26.2 Å². The molecule has 0 aromatic heterocycles. The van der Waals surface area contributed by atoms with Crippen molar-refractivity contribution in [1.82, 2.24) is 5.32 Å². The third-order valence-electron chi connectivity index (χ3n) is 2.13. The highest BCUT2D eigenvalue weighted by Crippen LogP contribution is 2.00. The van der Waals surface area contributed by atoms with Gasteiger partial charge < -0.3 is 20.5 Å². The van der Waals surface area contributed by atoms with Gasteiger partial charge in [0.25, 0.3) is 0 Å². The standard InChI is InChI=1S/C12H22N2O4/c1-3-9-18-12(16)14-8-6-5-7-10(13)11(15)17-4-2/h3,10H,1,4-9,13H2,2H3,(H,14,16)/t10-/m0/s1. The fourth-order valence-corrected chi connectivity index (χ4v) is 1.23. The van der Waals surface area contributed by atoms with Crippen molar-refractivity contribution < 1.29 is 19.1 Å². The summed E-state index contributed by atoms with van der Waals surface area (Å²) in [5, 5.41) is 2.58. The van der Waals surface area contributed by atoms with Crippen LogP contribution in [0.15, 0.2) is 12.7 Å². The molecule has 104 valence electrons. The van der Waals surface area contributed by atoms with E-state index >= 15 is 0 Å². The third-order valence-corrected chi connectivity index (χ3v) is 2.13. The highest BCUT2D eigenvalue weighted by Gasteiger charge is 2.13. The zero-order valence-electron chi connectivity index (χ0n) is 10.8. The molecule has 0 bridgehead atoms. The maximum Gasteiger partial charge on any atom is 0.407 e. The molecule has 0 spiro atoms. The predicted octanol–water partition coefficient (Wildman–Crippen LogP) is 0.959. The van der Waals surface area contributed by atoms with Crippen LogP contribution in [0, 0.1) is 0 Å². The fourth-order valence-electron chi connectivity index (χ4n) is 1.23. The summed E-state index contributed by atoms with van der Waals surface area (Å²) < 4.78 is 9.50. The zero-order chi connectivity index (χ0) is 13.8. The SMILES string of the molecule is C=CCOC(=O)NCCCC[C@H](N)C(=O)OCC. The first kappa shape index (κ1) is 16.4. The number of carbonyl (C=O) groups excluding carboxylic acids is 2. The molecule has 0 aromatic carbocycles. The molecule has 1 atom stereocenters. The van der Waals surface area contributed by atoms with E-state index in [-0.39, 0.29) is 12.6 Å². The Hall–Kier alpha value is -1.56. The van der Waals surface area contributed by atoms with E-state index in [1.165, 1.54) is 6.08 Å². The van der Waals surface area contributed by atoms with Gasteiger partial charge in [0.05, 0.1) is 6.61 Å². The molecule has 1 amide bonds. The number of alkyl carbamates (subject to hydrolysis) is 1. The summed E-state index contributed by atoms with van der Waals surface area (Å²) in [5.74, 6) is -0.379. The average molecular weight is 258 g/mol.